The number of anilines is 4. The zero-order valence-corrected chi connectivity index (χ0v) is 13.6. The van der Waals surface area contributed by atoms with E-state index in [1.54, 1.807) is 25.1 Å². The van der Waals surface area contributed by atoms with E-state index in [0.717, 1.165) is 12.1 Å². The van der Waals surface area contributed by atoms with Crippen LogP contribution < -0.4 is 10.6 Å². The Morgan fingerprint density at radius 3 is 2.23 bits per heavy atom. The number of rotatable bonds is 5. The van der Waals surface area contributed by atoms with Gasteiger partial charge in [0.25, 0.3) is 0 Å². The fourth-order valence-electron chi connectivity index (χ4n) is 2.27. The minimum atomic E-state index is -1.01. The molecule has 0 aliphatic rings. The molecule has 8 heteroatoms. The highest BCUT2D eigenvalue weighted by Gasteiger charge is 2.08. The number of aromatic nitrogens is 2. The van der Waals surface area contributed by atoms with Gasteiger partial charge >= 0.3 is 5.97 Å². The summed E-state index contributed by atoms with van der Waals surface area (Å²) in [5.41, 5.74) is 0.886. The van der Waals surface area contributed by atoms with Gasteiger partial charge in [-0.15, -0.1) is 0 Å². The van der Waals surface area contributed by atoms with Crippen molar-refractivity contribution in [3.63, 3.8) is 0 Å². The Morgan fingerprint density at radius 2 is 1.62 bits per heavy atom. The van der Waals surface area contributed by atoms with Crippen LogP contribution in [0.2, 0.25) is 0 Å². The highest BCUT2D eigenvalue weighted by Crippen LogP contribution is 2.23. The van der Waals surface area contributed by atoms with Gasteiger partial charge in [0.1, 0.15) is 29.1 Å². The van der Waals surface area contributed by atoms with Crippen LogP contribution in [0.1, 0.15) is 16.2 Å². The maximum absolute atomic E-state index is 13.8. The first-order valence-electron chi connectivity index (χ1n) is 7.59. The summed E-state index contributed by atoms with van der Waals surface area (Å²) < 4.78 is 26.8. The average molecular weight is 356 g/mol. The van der Waals surface area contributed by atoms with Gasteiger partial charge in [0.05, 0.1) is 11.3 Å². The van der Waals surface area contributed by atoms with E-state index in [-0.39, 0.29) is 11.3 Å². The summed E-state index contributed by atoms with van der Waals surface area (Å²) >= 11 is 0. The number of halogens is 2. The Kier molecular flexibility index (Phi) is 4.74. The second-order valence-electron chi connectivity index (χ2n) is 5.44. The molecule has 6 nitrogen and oxygen atoms in total. The maximum Gasteiger partial charge on any atom is 0.335 e. The number of aromatic carboxylic acids is 1. The molecule has 0 radical (unpaired) electrons. The molecule has 0 saturated heterocycles. The molecule has 0 fully saturated rings. The minimum absolute atomic E-state index is 0.0845. The number of nitrogens with one attached hydrogen (secondary N) is 2. The van der Waals surface area contributed by atoms with Crippen molar-refractivity contribution >= 4 is 29.0 Å². The lowest BCUT2D eigenvalue weighted by molar-refractivity contribution is 0.0697. The Labute approximate surface area is 147 Å². The number of hydrogen-bond acceptors (Lipinski definition) is 5. The van der Waals surface area contributed by atoms with Crippen molar-refractivity contribution in [2.75, 3.05) is 10.6 Å². The van der Waals surface area contributed by atoms with E-state index >= 15 is 0 Å². The molecular formula is C18H14F2N4O2. The minimum Gasteiger partial charge on any atom is -0.478 e. The topological polar surface area (TPSA) is 87.1 Å². The molecule has 0 aliphatic carbocycles. The summed E-state index contributed by atoms with van der Waals surface area (Å²) in [6.07, 6.45) is 0. The Morgan fingerprint density at radius 1 is 0.962 bits per heavy atom. The molecule has 26 heavy (non-hydrogen) atoms. The van der Waals surface area contributed by atoms with Gasteiger partial charge in [0.15, 0.2) is 0 Å². The van der Waals surface area contributed by atoms with E-state index in [4.69, 9.17) is 5.11 Å². The SMILES string of the molecule is Cc1nc(Nc2ccc(C(=O)O)cc2)cc(Nc2ccc(F)cc2F)n1. The van der Waals surface area contributed by atoms with Crippen LogP contribution in [0, 0.1) is 18.6 Å². The quantitative estimate of drug-likeness (QED) is 0.634. The van der Waals surface area contributed by atoms with Crippen molar-refractivity contribution in [1.82, 2.24) is 9.97 Å². The average Bonchev–Trinajstić information content (AvgIpc) is 2.57. The first-order chi connectivity index (χ1) is 12.4. The highest BCUT2D eigenvalue weighted by molar-refractivity contribution is 5.88. The number of benzene rings is 2. The van der Waals surface area contributed by atoms with Crippen LogP contribution in [0.3, 0.4) is 0 Å². The van der Waals surface area contributed by atoms with Gasteiger partial charge in [-0.05, 0) is 43.3 Å². The van der Waals surface area contributed by atoms with Crippen LogP contribution in [-0.2, 0) is 0 Å². The van der Waals surface area contributed by atoms with E-state index in [9.17, 15) is 13.6 Å². The number of carboxylic acids is 1. The number of nitrogens with zero attached hydrogens (tertiary/aromatic N) is 2. The fraction of sp³-hybridized carbons (Fsp3) is 0.0556. The molecule has 0 amide bonds. The summed E-state index contributed by atoms with van der Waals surface area (Å²) in [5, 5.41) is 14.7. The second kappa shape index (κ2) is 7.14. The summed E-state index contributed by atoms with van der Waals surface area (Å²) in [6, 6.07) is 10.9. The second-order valence-corrected chi connectivity index (χ2v) is 5.44. The predicted octanol–water partition coefficient (Wildman–Crippen LogP) is 4.25. The van der Waals surface area contributed by atoms with Gasteiger partial charge < -0.3 is 15.7 Å². The van der Waals surface area contributed by atoms with Gasteiger partial charge in [0.2, 0.25) is 0 Å². The number of aryl methyl sites for hydroxylation is 1. The van der Waals surface area contributed by atoms with Gasteiger partial charge in [-0.1, -0.05) is 0 Å². The largest absolute Gasteiger partial charge is 0.478 e. The molecule has 0 unspecified atom stereocenters. The van der Waals surface area contributed by atoms with Gasteiger partial charge in [-0.2, -0.15) is 0 Å². The Hall–Kier alpha value is -3.55. The van der Waals surface area contributed by atoms with Crippen molar-refractivity contribution in [2.45, 2.75) is 6.92 Å². The maximum atomic E-state index is 13.8. The van der Waals surface area contributed by atoms with Crippen molar-refractivity contribution in [3.05, 3.63) is 71.6 Å². The number of hydrogen-bond donors (Lipinski definition) is 3. The van der Waals surface area contributed by atoms with Crippen LogP contribution in [0.4, 0.5) is 31.8 Å². The van der Waals surface area contributed by atoms with Gasteiger partial charge in [0, 0.05) is 17.8 Å². The molecule has 3 aromatic rings. The van der Waals surface area contributed by atoms with Crippen LogP contribution in [0.15, 0.2) is 48.5 Å². The summed E-state index contributed by atoms with van der Waals surface area (Å²) in [5.74, 6) is -1.22. The third kappa shape index (κ3) is 4.10. The third-order valence-electron chi connectivity index (χ3n) is 3.44. The predicted molar refractivity (Wildman–Crippen MR) is 93.1 cm³/mol. The van der Waals surface area contributed by atoms with E-state index in [0.29, 0.717) is 23.1 Å². The highest BCUT2D eigenvalue weighted by atomic mass is 19.1. The van der Waals surface area contributed by atoms with Crippen LogP contribution in [0.5, 0.6) is 0 Å². The lowest BCUT2D eigenvalue weighted by atomic mass is 10.2. The molecule has 3 rings (SSSR count). The molecule has 0 saturated carbocycles. The lowest BCUT2D eigenvalue weighted by Gasteiger charge is -2.11. The molecule has 0 atom stereocenters. The fourth-order valence-corrected chi connectivity index (χ4v) is 2.27. The van der Waals surface area contributed by atoms with Crippen molar-refractivity contribution in [1.29, 1.82) is 0 Å². The zero-order valence-electron chi connectivity index (χ0n) is 13.6. The summed E-state index contributed by atoms with van der Waals surface area (Å²) in [7, 11) is 0. The first kappa shape index (κ1) is 17.3. The number of carboxylic acid groups (broad SMARTS) is 1. The Bertz CT molecular complexity index is 962. The third-order valence-corrected chi connectivity index (χ3v) is 3.44. The normalized spacial score (nSPS) is 10.4. The van der Waals surface area contributed by atoms with Crippen molar-refractivity contribution in [3.8, 4) is 0 Å². The van der Waals surface area contributed by atoms with Crippen molar-refractivity contribution in [2.24, 2.45) is 0 Å². The molecule has 3 N–H and O–H groups in total. The summed E-state index contributed by atoms with van der Waals surface area (Å²) in [4.78, 5) is 19.3. The molecule has 132 valence electrons. The molecule has 0 bridgehead atoms. The molecule has 1 aromatic heterocycles. The number of carbonyl (C=O) groups is 1. The van der Waals surface area contributed by atoms with E-state index < -0.39 is 17.6 Å². The molecule has 1 heterocycles. The standard InChI is InChI=1S/C18H14F2N4O2/c1-10-21-16(23-13-5-2-11(3-6-13)18(25)26)9-17(22-10)24-15-7-4-12(19)8-14(15)20/h2-9H,1H3,(H,25,26)(H2,21,22,23,24). The first-order valence-corrected chi connectivity index (χ1v) is 7.59. The zero-order chi connectivity index (χ0) is 18.7. The van der Waals surface area contributed by atoms with Crippen LogP contribution in [0.25, 0.3) is 0 Å². The van der Waals surface area contributed by atoms with Crippen LogP contribution >= 0.6 is 0 Å². The molecule has 0 aliphatic heterocycles. The van der Waals surface area contributed by atoms with E-state index in [1.807, 2.05) is 0 Å². The molecule has 2 aromatic carbocycles. The summed E-state index contributed by atoms with van der Waals surface area (Å²) in [6.45, 7) is 1.67. The van der Waals surface area contributed by atoms with Crippen molar-refractivity contribution < 1.29 is 18.7 Å². The smallest absolute Gasteiger partial charge is 0.335 e. The Balaban J connectivity index is 1.82. The van der Waals surface area contributed by atoms with Gasteiger partial charge in [-0.25, -0.2) is 23.5 Å². The van der Waals surface area contributed by atoms with Gasteiger partial charge in [-0.3, -0.25) is 0 Å². The monoisotopic (exact) mass is 356 g/mol. The molecular weight excluding hydrogens is 342 g/mol. The van der Waals surface area contributed by atoms with E-state index in [2.05, 4.69) is 20.6 Å². The lowest BCUT2D eigenvalue weighted by Crippen LogP contribution is -2.03. The molecule has 0 spiro atoms. The van der Waals surface area contributed by atoms with E-state index in [1.165, 1.54) is 18.2 Å². The van der Waals surface area contributed by atoms with Crippen LogP contribution in [-0.4, -0.2) is 21.0 Å².